The number of hydrogen-bond acceptors (Lipinski definition) is 3. The summed E-state index contributed by atoms with van der Waals surface area (Å²) in [5, 5.41) is 3.49. The Hall–Kier alpha value is -3.31. The van der Waals surface area contributed by atoms with Crippen LogP contribution in [0.5, 0.6) is 5.75 Å². The fourth-order valence-corrected chi connectivity index (χ4v) is 3.91. The highest BCUT2D eigenvalue weighted by Gasteiger charge is 2.30. The second kappa shape index (κ2) is 12.1. The number of nitrogens with one attached hydrogen (secondary N) is 1. The van der Waals surface area contributed by atoms with Crippen molar-refractivity contribution in [3.8, 4) is 5.75 Å². The van der Waals surface area contributed by atoms with Crippen LogP contribution in [0.1, 0.15) is 23.6 Å². The number of benzene rings is 3. The summed E-state index contributed by atoms with van der Waals surface area (Å²) in [5.41, 5.74) is 2.71. The van der Waals surface area contributed by atoms with E-state index in [0.29, 0.717) is 18.0 Å². The zero-order chi connectivity index (χ0) is 23.6. The van der Waals surface area contributed by atoms with E-state index in [0.717, 1.165) is 22.4 Å². The molecule has 2 amide bonds. The van der Waals surface area contributed by atoms with Gasteiger partial charge >= 0.3 is 0 Å². The van der Waals surface area contributed by atoms with Crippen LogP contribution in [0, 0.1) is 0 Å². The summed E-state index contributed by atoms with van der Waals surface area (Å²) in [5.74, 6) is 0.421. The highest BCUT2D eigenvalue weighted by molar-refractivity contribution is 6.30. The number of rotatable bonds is 10. The van der Waals surface area contributed by atoms with Crippen molar-refractivity contribution in [3.63, 3.8) is 0 Å². The lowest BCUT2D eigenvalue weighted by Crippen LogP contribution is -2.50. The Labute approximate surface area is 200 Å². The summed E-state index contributed by atoms with van der Waals surface area (Å²) in [6.45, 7) is 2.64. The standard InChI is InChI=1S/C27H29ClN2O3/c1-3-29-27(32)25(17-20-8-5-4-6-9-20)30(19-22-10-7-11-23(28)16-22)26(31)18-21-12-14-24(33-2)15-13-21/h4-16,25H,3,17-19H2,1-2H3,(H,29,32)/t25-/m0/s1. The van der Waals surface area contributed by atoms with E-state index in [1.165, 1.54) is 0 Å². The largest absolute Gasteiger partial charge is 0.497 e. The zero-order valence-corrected chi connectivity index (χ0v) is 19.7. The average molecular weight is 465 g/mol. The Bertz CT molecular complexity index is 1050. The molecule has 0 aliphatic rings. The second-order valence-electron chi connectivity index (χ2n) is 7.78. The van der Waals surface area contributed by atoms with Gasteiger partial charge in [-0.25, -0.2) is 0 Å². The second-order valence-corrected chi connectivity index (χ2v) is 8.21. The number of amides is 2. The van der Waals surface area contributed by atoms with Crippen LogP contribution in [-0.2, 0) is 29.0 Å². The molecule has 3 rings (SSSR count). The van der Waals surface area contributed by atoms with Gasteiger partial charge in [0.15, 0.2) is 0 Å². The summed E-state index contributed by atoms with van der Waals surface area (Å²) >= 11 is 6.19. The third-order valence-corrected chi connectivity index (χ3v) is 5.61. The minimum Gasteiger partial charge on any atom is -0.497 e. The molecule has 0 saturated heterocycles. The minimum atomic E-state index is -0.655. The Morgan fingerprint density at radius 3 is 2.27 bits per heavy atom. The van der Waals surface area contributed by atoms with Gasteiger partial charge in [-0.3, -0.25) is 9.59 Å². The summed E-state index contributed by atoms with van der Waals surface area (Å²) in [4.78, 5) is 28.4. The number of carbonyl (C=O) groups excluding carboxylic acids is 2. The first-order valence-electron chi connectivity index (χ1n) is 11.0. The van der Waals surface area contributed by atoms with Gasteiger partial charge in [-0.05, 0) is 47.9 Å². The normalized spacial score (nSPS) is 11.5. The quantitative estimate of drug-likeness (QED) is 0.474. The van der Waals surface area contributed by atoms with E-state index in [-0.39, 0.29) is 24.8 Å². The predicted octanol–water partition coefficient (Wildman–Crippen LogP) is 4.67. The van der Waals surface area contributed by atoms with Crippen molar-refractivity contribution in [1.29, 1.82) is 0 Å². The molecule has 0 aromatic heterocycles. The molecule has 0 bridgehead atoms. The van der Waals surface area contributed by atoms with Gasteiger partial charge in [0.05, 0.1) is 13.5 Å². The topological polar surface area (TPSA) is 58.6 Å². The van der Waals surface area contributed by atoms with Gasteiger partial charge in [0.2, 0.25) is 11.8 Å². The smallest absolute Gasteiger partial charge is 0.243 e. The first kappa shape index (κ1) is 24.3. The summed E-state index contributed by atoms with van der Waals surface area (Å²) in [6.07, 6.45) is 0.594. The van der Waals surface area contributed by atoms with Crippen LogP contribution in [0.3, 0.4) is 0 Å². The first-order valence-corrected chi connectivity index (χ1v) is 11.4. The van der Waals surface area contributed by atoms with Crippen molar-refractivity contribution in [2.45, 2.75) is 32.4 Å². The molecule has 0 aliphatic carbocycles. The number of ether oxygens (including phenoxy) is 1. The number of carbonyl (C=O) groups is 2. The molecule has 172 valence electrons. The van der Waals surface area contributed by atoms with E-state index in [9.17, 15) is 9.59 Å². The molecule has 3 aromatic carbocycles. The first-order chi connectivity index (χ1) is 16.0. The SMILES string of the molecule is CCNC(=O)[C@H](Cc1ccccc1)N(Cc1cccc(Cl)c1)C(=O)Cc1ccc(OC)cc1. The molecule has 0 spiro atoms. The molecule has 6 heteroatoms. The van der Waals surface area contributed by atoms with E-state index in [1.807, 2.05) is 79.7 Å². The molecule has 0 saturated carbocycles. The highest BCUT2D eigenvalue weighted by Crippen LogP contribution is 2.19. The summed E-state index contributed by atoms with van der Waals surface area (Å²) in [7, 11) is 1.60. The Kier molecular flexibility index (Phi) is 8.90. The third kappa shape index (κ3) is 7.09. The van der Waals surface area contributed by atoms with Crippen molar-refractivity contribution < 1.29 is 14.3 Å². The fraction of sp³-hybridized carbons (Fsp3) is 0.259. The van der Waals surface area contributed by atoms with E-state index >= 15 is 0 Å². The molecular formula is C27H29ClN2O3. The number of methoxy groups -OCH3 is 1. The van der Waals surface area contributed by atoms with Crippen LogP contribution in [0.2, 0.25) is 5.02 Å². The number of hydrogen-bond donors (Lipinski definition) is 1. The lowest BCUT2D eigenvalue weighted by atomic mass is 10.0. The van der Waals surface area contributed by atoms with E-state index < -0.39 is 6.04 Å². The van der Waals surface area contributed by atoms with Crippen LogP contribution < -0.4 is 10.1 Å². The van der Waals surface area contributed by atoms with Crippen molar-refractivity contribution in [3.05, 3.63) is 101 Å². The van der Waals surface area contributed by atoms with Gasteiger partial charge in [-0.15, -0.1) is 0 Å². The molecule has 33 heavy (non-hydrogen) atoms. The maximum atomic E-state index is 13.6. The summed E-state index contributed by atoms with van der Waals surface area (Å²) in [6, 6.07) is 23.9. The number of halogens is 1. The monoisotopic (exact) mass is 464 g/mol. The number of nitrogens with zero attached hydrogens (tertiary/aromatic N) is 1. The van der Waals surface area contributed by atoms with Gasteiger partial charge in [0.1, 0.15) is 11.8 Å². The van der Waals surface area contributed by atoms with Gasteiger partial charge in [-0.1, -0.05) is 66.2 Å². The zero-order valence-electron chi connectivity index (χ0n) is 19.0. The maximum absolute atomic E-state index is 13.6. The van der Waals surface area contributed by atoms with Crippen molar-refractivity contribution in [2.75, 3.05) is 13.7 Å². The highest BCUT2D eigenvalue weighted by atomic mass is 35.5. The lowest BCUT2D eigenvalue weighted by Gasteiger charge is -2.31. The number of likely N-dealkylation sites (N-methyl/N-ethyl adjacent to an activating group) is 1. The Morgan fingerprint density at radius 1 is 0.939 bits per heavy atom. The Balaban J connectivity index is 1.93. The van der Waals surface area contributed by atoms with E-state index in [4.69, 9.17) is 16.3 Å². The Morgan fingerprint density at radius 2 is 1.64 bits per heavy atom. The molecule has 3 aromatic rings. The van der Waals surface area contributed by atoms with E-state index in [1.54, 1.807) is 18.1 Å². The van der Waals surface area contributed by atoms with Gasteiger partial charge in [0, 0.05) is 24.5 Å². The van der Waals surface area contributed by atoms with Crippen LogP contribution in [-0.4, -0.2) is 36.4 Å². The minimum absolute atomic E-state index is 0.132. The fourth-order valence-electron chi connectivity index (χ4n) is 3.70. The molecule has 1 N–H and O–H groups in total. The lowest BCUT2D eigenvalue weighted by molar-refractivity contribution is -0.140. The van der Waals surface area contributed by atoms with Crippen LogP contribution in [0.25, 0.3) is 0 Å². The van der Waals surface area contributed by atoms with Crippen LogP contribution in [0.15, 0.2) is 78.9 Å². The summed E-state index contributed by atoms with van der Waals surface area (Å²) < 4.78 is 5.21. The van der Waals surface area contributed by atoms with Gasteiger partial charge in [0.25, 0.3) is 0 Å². The van der Waals surface area contributed by atoms with Crippen LogP contribution in [0.4, 0.5) is 0 Å². The maximum Gasteiger partial charge on any atom is 0.243 e. The van der Waals surface area contributed by atoms with Gasteiger partial charge in [-0.2, -0.15) is 0 Å². The average Bonchev–Trinajstić information content (AvgIpc) is 2.82. The van der Waals surface area contributed by atoms with E-state index in [2.05, 4.69) is 5.32 Å². The molecule has 0 fully saturated rings. The molecular weight excluding hydrogens is 436 g/mol. The predicted molar refractivity (Wildman–Crippen MR) is 131 cm³/mol. The molecule has 1 atom stereocenters. The van der Waals surface area contributed by atoms with Crippen molar-refractivity contribution in [2.24, 2.45) is 0 Å². The third-order valence-electron chi connectivity index (χ3n) is 5.38. The molecule has 0 aliphatic heterocycles. The van der Waals surface area contributed by atoms with Crippen molar-refractivity contribution >= 4 is 23.4 Å². The van der Waals surface area contributed by atoms with Gasteiger partial charge < -0.3 is 15.0 Å². The van der Waals surface area contributed by atoms with Crippen molar-refractivity contribution in [1.82, 2.24) is 10.2 Å². The molecule has 0 heterocycles. The molecule has 5 nitrogen and oxygen atoms in total. The molecule has 0 radical (unpaired) electrons. The van der Waals surface area contributed by atoms with Crippen LogP contribution >= 0.6 is 11.6 Å². The molecule has 0 unspecified atom stereocenters.